The number of nitrogens with zero attached hydrogens (tertiary/aromatic N) is 3. The number of aromatic nitrogens is 3. The zero-order chi connectivity index (χ0) is 19.7. The van der Waals surface area contributed by atoms with Crippen LogP contribution in [-0.4, -0.2) is 27.0 Å². The molecule has 1 unspecified atom stereocenters. The van der Waals surface area contributed by atoms with E-state index in [4.69, 9.17) is 14.8 Å². The largest absolute Gasteiger partial charge is 0.373 e. The fraction of sp³-hybridized carbons (Fsp3) is 0.391. The van der Waals surface area contributed by atoms with Crippen LogP contribution < -0.4 is 0 Å². The SMILES string of the molecule is CCc1ccc(-c2nc(-c3cccc(CF)c3)n(C3CCOC3(C)C)n2)cc1. The Morgan fingerprint density at radius 2 is 1.89 bits per heavy atom. The van der Waals surface area contributed by atoms with E-state index in [2.05, 4.69) is 45.0 Å². The molecule has 1 saturated heterocycles. The topological polar surface area (TPSA) is 39.9 Å². The standard InChI is InChI=1S/C23H26FN3O/c1-4-16-8-10-18(11-9-16)21-25-22(19-7-5-6-17(14-19)15-24)27(26-21)20-12-13-28-23(20,2)3/h5-11,14,20H,4,12-13,15H2,1-3H3. The summed E-state index contributed by atoms with van der Waals surface area (Å²) in [6.07, 6.45) is 1.87. The molecule has 146 valence electrons. The number of alkyl halides is 1. The monoisotopic (exact) mass is 379 g/mol. The summed E-state index contributed by atoms with van der Waals surface area (Å²) in [6, 6.07) is 15.9. The molecule has 4 rings (SSSR count). The molecular formula is C23H26FN3O. The quantitative estimate of drug-likeness (QED) is 0.597. The third kappa shape index (κ3) is 3.47. The fourth-order valence-corrected chi connectivity index (χ4v) is 3.84. The fourth-order valence-electron chi connectivity index (χ4n) is 3.84. The third-order valence-corrected chi connectivity index (χ3v) is 5.55. The first-order valence-corrected chi connectivity index (χ1v) is 9.87. The van der Waals surface area contributed by atoms with E-state index in [-0.39, 0.29) is 11.6 Å². The minimum absolute atomic E-state index is 0.0766. The lowest BCUT2D eigenvalue weighted by molar-refractivity contribution is 0.0122. The maximum absolute atomic E-state index is 13.2. The number of rotatable bonds is 5. The van der Waals surface area contributed by atoms with Gasteiger partial charge >= 0.3 is 0 Å². The van der Waals surface area contributed by atoms with E-state index in [9.17, 15) is 4.39 Å². The van der Waals surface area contributed by atoms with Gasteiger partial charge in [-0.3, -0.25) is 0 Å². The molecular weight excluding hydrogens is 353 g/mol. The number of halogens is 1. The van der Waals surface area contributed by atoms with Gasteiger partial charge in [0.1, 0.15) is 6.67 Å². The Hall–Kier alpha value is -2.53. The lowest BCUT2D eigenvalue weighted by atomic mass is 9.99. The van der Waals surface area contributed by atoms with Gasteiger partial charge in [-0.2, -0.15) is 5.10 Å². The van der Waals surface area contributed by atoms with Gasteiger partial charge in [0.05, 0.1) is 11.6 Å². The van der Waals surface area contributed by atoms with Gasteiger partial charge in [0.15, 0.2) is 11.6 Å². The van der Waals surface area contributed by atoms with Gasteiger partial charge in [-0.05, 0) is 43.9 Å². The van der Waals surface area contributed by atoms with Crippen LogP contribution >= 0.6 is 0 Å². The van der Waals surface area contributed by atoms with E-state index < -0.39 is 6.67 Å². The van der Waals surface area contributed by atoms with E-state index in [1.807, 2.05) is 22.9 Å². The van der Waals surface area contributed by atoms with Gasteiger partial charge in [0.2, 0.25) is 0 Å². The van der Waals surface area contributed by atoms with Crippen molar-refractivity contribution in [2.45, 2.75) is 51.9 Å². The summed E-state index contributed by atoms with van der Waals surface area (Å²) in [5, 5.41) is 4.88. The van der Waals surface area contributed by atoms with Gasteiger partial charge in [0.25, 0.3) is 0 Å². The van der Waals surface area contributed by atoms with Crippen LogP contribution in [0.3, 0.4) is 0 Å². The average molecular weight is 379 g/mol. The summed E-state index contributed by atoms with van der Waals surface area (Å²) >= 11 is 0. The van der Waals surface area contributed by atoms with E-state index in [0.717, 1.165) is 29.8 Å². The van der Waals surface area contributed by atoms with Crippen molar-refractivity contribution in [2.75, 3.05) is 6.61 Å². The number of benzene rings is 2. The van der Waals surface area contributed by atoms with Crippen LogP contribution in [0.25, 0.3) is 22.8 Å². The molecule has 0 bridgehead atoms. The second-order valence-electron chi connectivity index (χ2n) is 7.84. The highest BCUT2D eigenvalue weighted by Gasteiger charge is 2.39. The molecule has 1 aromatic heterocycles. The highest BCUT2D eigenvalue weighted by atomic mass is 19.1. The summed E-state index contributed by atoms with van der Waals surface area (Å²) in [5.41, 5.74) is 3.45. The second-order valence-corrected chi connectivity index (χ2v) is 7.84. The Morgan fingerprint density at radius 3 is 2.54 bits per heavy atom. The van der Waals surface area contributed by atoms with Crippen molar-refractivity contribution in [2.24, 2.45) is 0 Å². The maximum atomic E-state index is 13.2. The van der Waals surface area contributed by atoms with Crippen molar-refractivity contribution in [3.63, 3.8) is 0 Å². The first kappa shape index (κ1) is 18.8. The number of hydrogen-bond acceptors (Lipinski definition) is 3. The lowest BCUT2D eigenvalue weighted by Gasteiger charge is -2.26. The van der Waals surface area contributed by atoms with Crippen LogP contribution in [0.2, 0.25) is 0 Å². The van der Waals surface area contributed by atoms with Crippen molar-refractivity contribution in [3.05, 3.63) is 59.7 Å². The Kier molecular flexibility index (Phi) is 5.02. The number of hydrogen-bond donors (Lipinski definition) is 0. The summed E-state index contributed by atoms with van der Waals surface area (Å²) in [7, 11) is 0. The van der Waals surface area contributed by atoms with Crippen LogP contribution in [0.15, 0.2) is 48.5 Å². The van der Waals surface area contributed by atoms with E-state index >= 15 is 0 Å². The number of ether oxygens (including phenoxy) is 1. The van der Waals surface area contributed by atoms with Crippen molar-refractivity contribution in [3.8, 4) is 22.8 Å². The molecule has 1 aliphatic heterocycles. The zero-order valence-electron chi connectivity index (χ0n) is 16.7. The molecule has 4 nitrogen and oxygen atoms in total. The Bertz CT molecular complexity index is 962. The average Bonchev–Trinajstić information content (AvgIpc) is 3.30. The molecule has 0 aliphatic carbocycles. The van der Waals surface area contributed by atoms with Crippen LogP contribution in [0.5, 0.6) is 0 Å². The van der Waals surface area contributed by atoms with Crippen LogP contribution in [0.4, 0.5) is 4.39 Å². The summed E-state index contributed by atoms with van der Waals surface area (Å²) in [4.78, 5) is 4.87. The second kappa shape index (κ2) is 7.47. The molecule has 0 amide bonds. The molecule has 5 heteroatoms. The van der Waals surface area contributed by atoms with Crippen LogP contribution in [-0.2, 0) is 17.8 Å². The summed E-state index contributed by atoms with van der Waals surface area (Å²) < 4.78 is 21.1. The van der Waals surface area contributed by atoms with Crippen molar-refractivity contribution in [1.82, 2.24) is 14.8 Å². The summed E-state index contributed by atoms with van der Waals surface area (Å²) in [5.74, 6) is 1.44. The molecule has 0 saturated carbocycles. The van der Waals surface area contributed by atoms with Crippen LogP contribution in [0, 0.1) is 0 Å². The Balaban J connectivity index is 1.83. The van der Waals surface area contributed by atoms with Gasteiger partial charge in [-0.1, -0.05) is 49.4 Å². The number of aryl methyl sites for hydroxylation is 1. The maximum Gasteiger partial charge on any atom is 0.181 e. The molecule has 0 radical (unpaired) electrons. The first-order chi connectivity index (χ1) is 13.5. The van der Waals surface area contributed by atoms with Gasteiger partial charge in [-0.15, -0.1) is 0 Å². The molecule has 1 fully saturated rings. The first-order valence-electron chi connectivity index (χ1n) is 9.87. The molecule has 1 aliphatic rings. The van der Waals surface area contributed by atoms with Crippen LogP contribution in [0.1, 0.15) is 44.4 Å². The summed E-state index contributed by atoms with van der Waals surface area (Å²) in [6.45, 7) is 6.52. The van der Waals surface area contributed by atoms with Gasteiger partial charge < -0.3 is 4.74 Å². The molecule has 3 aromatic rings. The highest BCUT2D eigenvalue weighted by molar-refractivity contribution is 5.62. The molecule has 2 aromatic carbocycles. The molecule has 0 N–H and O–H groups in total. The van der Waals surface area contributed by atoms with E-state index in [1.54, 1.807) is 6.07 Å². The highest BCUT2D eigenvalue weighted by Crippen LogP contribution is 2.38. The minimum atomic E-state index is -0.495. The van der Waals surface area contributed by atoms with Gasteiger partial charge in [0, 0.05) is 17.7 Å². The Labute approximate surface area is 165 Å². The molecule has 0 spiro atoms. The minimum Gasteiger partial charge on any atom is -0.373 e. The smallest absolute Gasteiger partial charge is 0.181 e. The molecule has 1 atom stereocenters. The lowest BCUT2D eigenvalue weighted by Crippen LogP contribution is -2.31. The molecule has 28 heavy (non-hydrogen) atoms. The Morgan fingerprint density at radius 1 is 1.11 bits per heavy atom. The predicted molar refractivity (Wildman–Crippen MR) is 109 cm³/mol. The van der Waals surface area contributed by atoms with E-state index in [1.165, 1.54) is 5.56 Å². The van der Waals surface area contributed by atoms with Crippen molar-refractivity contribution >= 4 is 0 Å². The normalized spacial score (nSPS) is 18.5. The van der Waals surface area contributed by atoms with Crippen molar-refractivity contribution < 1.29 is 9.13 Å². The molecule has 2 heterocycles. The van der Waals surface area contributed by atoms with E-state index in [0.29, 0.717) is 18.0 Å². The van der Waals surface area contributed by atoms with Gasteiger partial charge in [-0.25, -0.2) is 14.1 Å². The zero-order valence-corrected chi connectivity index (χ0v) is 16.7. The predicted octanol–water partition coefficient (Wildman–Crippen LogP) is 5.38. The van der Waals surface area contributed by atoms with Crippen molar-refractivity contribution in [1.29, 1.82) is 0 Å². The third-order valence-electron chi connectivity index (χ3n) is 5.55.